The molecule has 4 rings (SSSR count). The van der Waals surface area contributed by atoms with Gasteiger partial charge in [-0.2, -0.15) is 0 Å². The minimum absolute atomic E-state index is 0.360. The highest BCUT2D eigenvalue weighted by atomic mass is 35.5. The molecule has 0 bridgehead atoms. The summed E-state index contributed by atoms with van der Waals surface area (Å²) >= 11 is 7.39. The maximum absolute atomic E-state index is 12.7. The van der Waals surface area contributed by atoms with E-state index < -0.39 is 36.4 Å². The minimum Gasteiger partial charge on any atom is -0.454 e. The molecular formula is C25H23ClN2O5S. The van der Waals surface area contributed by atoms with Crippen LogP contribution in [0.5, 0.6) is 0 Å². The lowest BCUT2D eigenvalue weighted by molar-refractivity contribution is -0.159. The molecule has 3 amide bonds. The molecule has 1 fully saturated rings. The van der Waals surface area contributed by atoms with Crippen molar-refractivity contribution < 1.29 is 23.9 Å². The molecule has 2 aliphatic rings. The monoisotopic (exact) mass is 498 g/mol. The summed E-state index contributed by atoms with van der Waals surface area (Å²) in [6, 6.07) is 13.5. The third-order valence-corrected chi connectivity index (χ3v) is 7.15. The van der Waals surface area contributed by atoms with Gasteiger partial charge in [0.05, 0.1) is 17.5 Å². The molecule has 7 nitrogen and oxygen atoms in total. The Bertz CT molecular complexity index is 1120. The SMILES string of the molecule is C[C@@H](C(=O)OCC(=O)Nc1ccccc1Sc1ccc(Cl)cc1)N1C(=O)[C@H]2CC=CC[C@H]2C1=O. The number of nitrogens with one attached hydrogen (secondary N) is 1. The first-order valence-electron chi connectivity index (χ1n) is 10.9. The van der Waals surface area contributed by atoms with E-state index in [0.29, 0.717) is 23.6 Å². The van der Waals surface area contributed by atoms with Crippen molar-refractivity contribution in [1.82, 2.24) is 4.90 Å². The Morgan fingerprint density at radius 3 is 2.32 bits per heavy atom. The summed E-state index contributed by atoms with van der Waals surface area (Å²) in [6.45, 7) is 0.909. The first kappa shape index (κ1) is 24.0. The molecule has 1 N–H and O–H groups in total. The predicted molar refractivity (Wildman–Crippen MR) is 128 cm³/mol. The zero-order chi connectivity index (χ0) is 24.2. The number of esters is 1. The number of carbonyl (C=O) groups is 4. The van der Waals surface area contributed by atoms with Crippen molar-refractivity contribution in [3.05, 3.63) is 65.7 Å². The number of nitrogens with zero attached hydrogens (tertiary/aromatic N) is 1. The van der Waals surface area contributed by atoms with Crippen molar-refractivity contribution in [3.8, 4) is 0 Å². The van der Waals surface area contributed by atoms with Crippen LogP contribution in [0, 0.1) is 11.8 Å². The number of halogens is 1. The highest BCUT2D eigenvalue weighted by Gasteiger charge is 2.50. The van der Waals surface area contributed by atoms with E-state index in [1.54, 1.807) is 24.3 Å². The standard InChI is InChI=1S/C25H23ClN2O5S/c1-15(28-23(30)18-6-2-3-7-19(18)24(28)31)25(32)33-14-22(29)27-20-8-4-5-9-21(20)34-17-12-10-16(26)11-13-17/h2-5,8-13,15,18-19H,6-7,14H2,1H3,(H,27,29)/t15-,18-,19+/m0/s1. The molecule has 1 heterocycles. The van der Waals surface area contributed by atoms with Gasteiger partial charge in [0.1, 0.15) is 6.04 Å². The quantitative estimate of drug-likeness (QED) is 0.347. The zero-order valence-electron chi connectivity index (χ0n) is 18.4. The summed E-state index contributed by atoms with van der Waals surface area (Å²) < 4.78 is 5.14. The number of likely N-dealkylation sites (tertiary alicyclic amines) is 1. The molecule has 1 aliphatic carbocycles. The van der Waals surface area contributed by atoms with Gasteiger partial charge in [-0.1, -0.05) is 47.6 Å². The molecule has 1 aliphatic heterocycles. The number of benzene rings is 2. The van der Waals surface area contributed by atoms with Crippen LogP contribution in [0.1, 0.15) is 19.8 Å². The molecule has 0 spiro atoms. The van der Waals surface area contributed by atoms with Gasteiger partial charge >= 0.3 is 5.97 Å². The van der Waals surface area contributed by atoms with Gasteiger partial charge in [0.15, 0.2) is 6.61 Å². The number of carbonyl (C=O) groups excluding carboxylic acids is 4. The second kappa shape index (κ2) is 10.4. The maximum atomic E-state index is 12.7. The number of anilines is 1. The lowest BCUT2D eigenvalue weighted by Crippen LogP contribution is -2.45. The van der Waals surface area contributed by atoms with Gasteiger partial charge in [-0.15, -0.1) is 0 Å². The molecule has 2 aromatic rings. The van der Waals surface area contributed by atoms with E-state index in [9.17, 15) is 19.2 Å². The molecule has 3 atom stereocenters. The second-order valence-corrected chi connectivity index (χ2v) is 9.64. The Hall–Kier alpha value is -3.10. The van der Waals surface area contributed by atoms with Crippen LogP contribution in [0.3, 0.4) is 0 Å². The predicted octanol–water partition coefficient (Wildman–Crippen LogP) is 4.31. The normalized spacial score (nSPS) is 20.1. The van der Waals surface area contributed by atoms with E-state index in [2.05, 4.69) is 5.32 Å². The topological polar surface area (TPSA) is 92.8 Å². The average molecular weight is 499 g/mol. The molecule has 0 aromatic heterocycles. The van der Waals surface area contributed by atoms with Crippen LogP contribution >= 0.6 is 23.4 Å². The summed E-state index contributed by atoms with van der Waals surface area (Å²) in [5, 5.41) is 3.38. The largest absolute Gasteiger partial charge is 0.454 e. The van der Waals surface area contributed by atoms with Gasteiger partial charge in [0.2, 0.25) is 11.8 Å². The average Bonchev–Trinajstić information content (AvgIpc) is 3.10. The van der Waals surface area contributed by atoms with E-state index >= 15 is 0 Å². The van der Waals surface area contributed by atoms with Crippen LogP contribution in [0.4, 0.5) is 5.69 Å². The number of imide groups is 1. The first-order valence-corrected chi connectivity index (χ1v) is 12.1. The summed E-state index contributed by atoms with van der Waals surface area (Å²) in [6.07, 6.45) is 4.74. The van der Waals surface area contributed by atoms with Gasteiger partial charge in [-0.3, -0.25) is 19.3 Å². The third kappa shape index (κ3) is 5.18. The number of hydrogen-bond acceptors (Lipinski definition) is 6. The molecular weight excluding hydrogens is 476 g/mol. The summed E-state index contributed by atoms with van der Waals surface area (Å²) in [4.78, 5) is 53.1. The minimum atomic E-state index is -1.09. The zero-order valence-corrected chi connectivity index (χ0v) is 20.0. The molecule has 2 aromatic carbocycles. The highest BCUT2D eigenvalue weighted by molar-refractivity contribution is 7.99. The number of fused-ring (bicyclic) bond motifs is 1. The number of para-hydroxylation sites is 1. The first-order chi connectivity index (χ1) is 16.3. The van der Waals surface area contributed by atoms with Crippen molar-refractivity contribution >= 4 is 52.7 Å². The van der Waals surface area contributed by atoms with Crippen LogP contribution in [-0.4, -0.2) is 41.2 Å². The molecule has 176 valence electrons. The fourth-order valence-electron chi connectivity index (χ4n) is 4.05. The van der Waals surface area contributed by atoms with Crippen LogP contribution in [0.15, 0.2) is 70.5 Å². The van der Waals surface area contributed by atoms with Crippen molar-refractivity contribution in [3.63, 3.8) is 0 Å². The Morgan fingerprint density at radius 2 is 1.68 bits per heavy atom. The van der Waals surface area contributed by atoms with E-state index in [4.69, 9.17) is 16.3 Å². The van der Waals surface area contributed by atoms with Gasteiger partial charge in [-0.25, -0.2) is 4.79 Å². The Labute approximate surface area is 206 Å². The summed E-state index contributed by atoms with van der Waals surface area (Å²) in [7, 11) is 0. The summed E-state index contributed by atoms with van der Waals surface area (Å²) in [5.74, 6) is -2.90. The number of allylic oxidation sites excluding steroid dienone is 2. The van der Waals surface area contributed by atoms with E-state index in [1.807, 2.05) is 36.4 Å². The lowest BCUT2D eigenvalue weighted by atomic mass is 9.85. The maximum Gasteiger partial charge on any atom is 0.329 e. The number of hydrogen-bond donors (Lipinski definition) is 1. The Kier molecular flexibility index (Phi) is 7.38. The van der Waals surface area contributed by atoms with E-state index in [-0.39, 0.29) is 11.8 Å². The molecule has 9 heteroatoms. The van der Waals surface area contributed by atoms with Crippen LogP contribution in [0.2, 0.25) is 5.02 Å². The molecule has 0 unspecified atom stereocenters. The number of rotatable bonds is 7. The fraction of sp³-hybridized carbons (Fsp3) is 0.280. The molecule has 1 saturated heterocycles. The highest BCUT2D eigenvalue weighted by Crippen LogP contribution is 2.36. The number of ether oxygens (including phenoxy) is 1. The van der Waals surface area contributed by atoms with Gasteiger partial charge in [0.25, 0.3) is 5.91 Å². The van der Waals surface area contributed by atoms with E-state index in [1.165, 1.54) is 18.7 Å². The van der Waals surface area contributed by atoms with Gasteiger partial charge < -0.3 is 10.1 Å². The van der Waals surface area contributed by atoms with E-state index in [0.717, 1.165) is 14.7 Å². The fourth-order valence-corrected chi connectivity index (χ4v) is 5.07. The van der Waals surface area contributed by atoms with Crippen molar-refractivity contribution in [2.75, 3.05) is 11.9 Å². The summed E-state index contributed by atoms with van der Waals surface area (Å²) in [5.41, 5.74) is 0.568. The van der Waals surface area contributed by atoms with Crippen molar-refractivity contribution in [1.29, 1.82) is 0 Å². The molecule has 34 heavy (non-hydrogen) atoms. The third-order valence-electron chi connectivity index (χ3n) is 5.82. The lowest BCUT2D eigenvalue weighted by Gasteiger charge is -2.21. The smallest absolute Gasteiger partial charge is 0.329 e. The van der Waals surface area contributed by atoms with Gasteiger partial charge in [0, 0.05) is 14.8 Å². The Balaban J connectivity index is 1.34. The van der Waals surface area contributed by atoms with Gasteiger partial charge in [-0.05, 0) is 56.2 Å². The Morgan fingerprint density at radius 1 is 1.06 bits per heavy atom. The van der Waals surface area contributed by atoms with Crippen LogP contribution in [0.25, 0.3) is 0 Å². The van der Waals surface area contributed by atoms with Crippen LogP contribution in [-0.2, 0) is 23.9 Å². The number of amides is 3. The molecule has 0 radical (unpaired) electrons. The van der Waals surface area contributed by atoms with Crippen molar-refractivity contribution in [2.45, 2.75) is 35.6 Å². The van der Waals surface area contributed by atoms with Crippen molar-refractivity contribution in [2.24, 2.45) is 11.8 Å². The molecule has 0 saturated carbocycles. The van der Waals surface area contributed by atoms with Crippen LogP contribution < -0.4 is 5.32 Å². The second-order valence-electron chi connectivity index (χ2n) is 8.09.